The van der Waals surface area contributed by atoms with Crippen LogP contribution in [0.3, 0.4) is 0 Å². The normalized spacial score (nSPS) is 22.9. The van der Waals surface area contributed by atoms with Crippen molar-refractivity contribution in [2.45, 2.75) is 17.5 Å². The monoisotopic (exact) mass is 574 g/mol. The first-order valence-electron chi connectivity index (χ1n) is 13.9. The summed E-state index contributed by atoms with van der Waals surface area (Å²) in [5.41, 5.74) is 1.92. The fourth-order valence-corrected chi connectivity index (χ4v) is 7.12. The summed E-state index contributed by atoms with van der Waals surface area (Å²) >= 11 is 0. The van der Waals surface area contributed by atoms with E-state index in [4.69, 9.17) is 9.47 Å². The SMILES string of the molecule is COc1ccc(C(=O)[C@H]2[C@H](C(=O)c3ccc(F)cc3)[C@]3(C(=O)Nc4ccccc43)[C@H]3c4ccccc4C=CN23)c(OC)c1. The molecular formula is C35H27FN2O5. The Morgan fingerprint density at radius 3 is 2.40 bits per heavy atom. The lowest BCUT2D eigenvalue weighted by Gasteiger charge is -2.38. The molecule has 0 saturated carbocycles. The van der Waals surface area contributed by atoms with Gasteiger partial charge >= 0.3 is 0 Å². The predicted octanol–water partition coefficient (Wildman–Crippen LogP) is 5.82. The molecular weight excluding hydrogens is 547 g/mol. The minimum absolute atomic E-state index is 0.208. The smallest absolute Gasteiger partial charge is 0.238 e. The van der Waals surface area contributed by atoms with Crippen molar-refractivity contribution in [1.82, 2.24) is 4.90 Å². The molecule has 3 heterocycles. The predicted molar refractivity (Wildman–Crippen MR) is 159 cm³/mol. The van der Waals surface area contributed by atoms with Crippen molar-refractivity contribution in [3.05, 3.63) is 131 Å². The number of fused-ring (bicyclic) bond motifs is 6. The van der Waals surface area contributed by atoms with Crippen LogP contribution in [0.4, 0.5) is 10.1 Å². The molecule has 7 nitrogen and oxygen atoms in total. The maximum Gasteiger partial charge on any atom is 0.238 e. The lowest BCUT2D eigenvalue weighted by atomic mass is 9.62. The molecule has 4 atom stereocenters. The molecule has 7 rings (SSSR count). The van der Waals surface area contributed by atoms with E-state index in [0.29, 0.717) is 17.0 Å². The Labute approximate surface area is 247 Å². The van der Waals surface area contributed by atoms with E-state index < -0.39 is 35.0 Å². The third-order valence-electron chi connectivity index (χ3n) is 8.92. The van der Waals surface area contributed by atoms with Gasteiger partial charge in [0.25, 0.3) is 0 Å². The van der Waals surface area contributed by atoms with Gasteiger partial charge in [0.05, 0.1) is 31.7 Å². The van der Waals surface area contributed by atoms with E-state index in [-0.39, 0.29) is 28.6 Å². The van der Waals surface area contributed by atoms with Gasteiger partial charge < -0.3 is 19.7 Å². The highest BCUT2D eigenvalue weighted by atomic mass is 19.1. The number of carbonyl (C=O) groups is 3. The summed E-state index contributed by atoms with van der Waals surface area (Å²) < 4.78 is 24.9. The Bertz CT molecular complexity index is 1830. The number of amides is 1. The number of ketones is 2. The van der Waals surface area contributed by atoms with Gasteiger partial charge in [0.1, 0.15) is 28.8 Å². The summed E-state index contributed by atoms with van der Waals surface area (Å²) in [6.07, 6.45) is 3.70. The van der Waals surface area contributed by atoms with E-state index >= 15 is 0 Å². The Balaban J connectivity index is 1.53. The third kappa shape index (κ3) is 3.75. The topological polar surface area (TPSA) is 84.9 Å². The molecule has 1 spiro atoms. The Morgan fingerprint density at radius 2 is 1.63 bits per heavy atom. The number of carbonyl (C=O) groups excluding carboxylic acids is 3. The second-order valence-electron chi connectivity index (χ2n) is 10.9. The molecule has 1 saturated heterocycles. The fourth-order valence-electron chi connectivity index (χ4n) is 7.12. The lowest BCUT2D eigenvalue weighted by molar-refractivity contribution is -0.122. The van der Waals surface area contributed by atoms with E-state index in [1.807, 2.05) is 53.4 Å². The van der Waals surface area contributed by atoms with Crippen LogP contribution in [0.25, 0.3) is 6.08 Å². The number of hydrogen-bond donors (Lipinski definition) is 1. The van der Waals surface area contributed by atoms with Gasteiger partial charge in [-0.3, -0.25) is 14.4 Å². The van der Waals surface area contributed by atoms with Gasteiger partial charge in [-0.15, -0.1) is 0 Å². The molecule has 4 aromatic rings. The van der Waals surface area contributed by atoms with Crippen molar-refractivity contribution >= 4 is 29.2 Å². The molecule has 1 N–H and O–H groups in total. The molecule has 43 heavy (non-hydrogen) atoms. The summed E-state index contributed by atoms with van der Waals surface area (Å²) in [6, 6.07) is 23.3. The molecule has 8 heteroatoms. The van der Waals surface area contributed by atoms with E-state index in [9.17, 15) is 18.8 Å². The zero-order valence-corrected chi connectivity index (χ0v) is 23.4. The highest BCUT2D eigenvalue weighted by Crippen LogP contribution is 2.62. The largest absolute Gasteiger partial charge is 0.497 e. The molecule has 0 radical (unpaired) electrons. The number of para-hydroxylation sites is 1. The minimum Gasteiger partial charge on any atom is -0.497 e. The molecule has 3 aliphatic heterocycles. The first-order valence-corrected chi connectivity index (χ1v) is 13.9. The Kier molecular flexibility index (Phi) is 6.16. The van der Waals surface area contributed by atoms with Gasteiger partial charge in [0.2, 0.25) is 5.91 Å². The first kappa shape index (κ1) is 26.6. The average Bonchev–Trinajstić information content (AvgIpc) is 3.52. The van der Waals surface area contributed by atoms with Crippen LogP contribution < -0.4 is 14.8 Å². The quantitative estimate of drug-likeness (QED) is 0.292. The van der Waals surface area contributed by atoms with Crippen LogP contribution in [-0.2, 0) is 10.2 Å². The standard InChI is InChI=1S/C35H27FN2O5/c1-42-23-15-16-25(28(19-23)43-2)32(40)30-29(31(39)21-11-13-22(36)14-12-21)35(26-9-5-6-10-27(26)37-34(35)41)33-24-8-4-3-7-20(24)17-18-38(30)33/h3-19,29-30,33H,1-2H3,(H,37,41)/t29-,30-,33-,35+/m1/s1. The number of nitrogens with one attached hydrogen (secondary N) is 1. The zero-order valence-electron chi connectivity index (χ0n) is 23.4. The van der Waals surface area contributed by atoms with Crippen molar-refractivity contribution in [3.8, 4) is 11.5 Å². The van der Waals surface area contributed by atoms with Crippen molar-refractivity contribution in [2.75, 3.05) is 19.5 Å². The third-order valence-corrected chi connectivity index (χ3v) is 8.92. The van der Waals surface area contributed by atoms with Crippen LogP contribution >= 0.6 is 0 Å². The molecule has 4 aromatic carbocycles. The molecule has 0 aromatic heterocycles. The van der Waals surface area contributed by atoms with E-state index in [0.717, 1.165) is 11.1 Å². The number of rotatable bonds is 6. The Morgan fingerprint density at radius 1 is 0.884 bits per heavy atom. The maximum atomic E-state index is 14.8. The summed E-state index contributed by atoms with van der Waals surface area (Å²) in [6.45, 7) is 0. The van der Waals surface area contributed by atoms with Gasteiger partial charge in [0, 0.05) is 23.5 Å². The lowest BCUT2D eigenvalue weighted by Crippen LogP contribution is -2.49. The van der Waals surface area contributed by atoms with E-state index in [1.165, 1.54) is 38.5 Å². The Hall–Kier alpha value is -5.24. The van der Waals surface area contributed by atoms with Crippen LogP contribution in [0.15, 0.2) is 97.2 Å². The zero-order chi connectivity index (χ0) is 29.9. The second kappa shape index (κ2) is 9.94. The van der Waals surface area contributed by atoms with Gasteiger partial charge in [-0.1, -0.05) is 42.5 Å². The highest BCUT2D eigenvalue weighted by molar-refractivity contribution is 6.17. The number of methoxy groups -OCH3 is 2. The number of ether oxygens (including phenoxy) is 2. The van der Waals surface area contributed by atoms with Gasteiger partial charge in [-0.05, 0) is 65.2 Å². The average molecular weight is 575 g/mol. The number of Topliss-reactive ketones (excluding diaryl/α,β-unsaturated/α-hetero) is 2. The number of halogens is 1. The van der Waals surface area contributed by atoms with Crippen LogP contribution in [0, 0.1) is 11.7 Å². The highest BCUT2D eigenvalue weighted by Gasteiger charge is 2.70. The number of anilines is 1. The van der Waals surface area contributed by atoms with Crippen molar-refractivity contribution in [2.24, 2.45) is 5.92 Å². The van der Waals surface area contributed by atoms with Crippen molar-refractivity contribution in [3.63, 3.8) is 0 Å². The van der Waals surface area contributed by atoms with Crippen LogP contribution in [0.2, 0.25) is 0 Å². The number of nitrogens with zero attached hydrogens (tertiary/aromatic N) is 1. The summed E-state index contributed by atoms with van der Waals surface area (Å²) in [5, 5.41) is 3.02. The molecule has 1 fully saturated rings. The molecule has 1 amide bonds. The molecule has 0 unspecified atom stereocenters. The van der Waals surface area contributed by atoms with Crippen LogP contribution in [-0.4, -0.2) is 42.6 Å². The van der Waals surface area contributed by atoms with Crippen molar-refractivity contribution < 1.29 is 28.2 Å². The second-order valence-corrected chi connectivity index (χ2v) is 10.9. The summed E-state index contributed by atoms with van der Waals surface area (Å²) in [5.74, 6) is -2.07. The summed E-state index contributed by atoms with van der Waals surface area (Å²) in [7, 11) is 2.98. The van der Waals surface area contributed by atoms with Crippen LogP contribution in [0.1, 0.15) is 43.4 Å². The minimum atomic E-state index is -1.48. The fraction of sp³-hybridized carbons (Fsp3) is 0.171. The first-order chi connectivity index (χ1) is 20.9. The number of hydrogen-bond acceptors (Lipinski definition) is 6. The van der Waals surface area contributed by atoms with Crippen LogP contribution in [0.5, 0.6) is 11.5 Å². The molecule has 214 valence electrons. The van der Waals surface area contributed by atoms with Gasteiger partial charge in [-0.2, -0.15) is 0 Å². The molecule has 0 bridgehead atoms. The summed E-state index contributed by atoms with van der Waals surface area (Å²) in [4.78, 5) is 45.9. The van der Waals surface area contributed by atoms with Crippen molar-refractivity contribution in [1.29, 1.82) is 0 Å². The van der Waals surface area contributed by atoms with Gasteiger partial charge in [0.15, 0.2) is 11.6 Å². The van der Waals surface area contributed by atoms with Gasteiger partial charge in [-0.25, -0.2) is 4.39 Å². The number of benzene rings is 4. The maximum absolute atomic E-state index is 14.8. The van der Waals surface area contributed by atoms with E-state index in [2.05, 4.69) is 5.32 Å². The van der Waals surface area contributed by atoms with E-state index in [1.54, 1.807) is 30.5 Å². The molecule has 0 aliphatic carbocycles. The molecule has 3 aliphatic rings.